The van der Waals surface area contributed by atoms with Gasteiger partial charge in [0.15, 0.2) is 5.76 Å². The summed E-state index contributed by atoms with van der Waals surface area (Å²) >= 11 is 0. The van der Waals surface area contributed by atoms with Gasteiger partial charge in [0.2, 0.25) is 5.91 Å². The Morgan fingerprint density at radius 2 is 1.68 bits per heavy atom. The van der Waals surface area contributed by atoms with E-state index < -0.39 is 11.9 Å². The summed E-state index contributed by atoms with van der Waals surface area (Å²) in [5.41, 5.74) is 1.86. The second-order valence-corrected chi connectivity index (χ2v) is 8.55. The highest BCUT2D eigenvalue weighted by atomic mass is 16.4. The maximum atomic E-state index is 12.8. The molecular formula is C26H29N3O5. The molecule has 1 aromatic carbocycles. The van der Waals surface area contributed by atoms with Gasteiger partial charge in [-0.1, -0.05) is 19.3 Å². The van der Waals surface area contributed by atoms with Crippen LogP contribution in [0.5, 0.6) is 0 Å². The van der Waals surface area contributed by atoms with E-state index in [1.807, 2.05) is 0 Å². The predicted octanol–water partition coefficient (Wildman–Crippen LogP) is 4.53. The molecule has 0 spiro atoms. The zero-order valence-electron chi connectivity index (χ0n) is 19.4. The molecule has 1 unspecified atom stereocenters. The second kappa shape index (κ2) is 10.4. The molecule has 8 nitrogen and oxygen atoms in total. The summed E-state index contributed by atoms with van der Waals surface area (Å²) in [6, 6.07) is 11.5. The van der Waals surface area contributed by atoms with Gasteiger partial charge >= 0.3 is 0 Å². The molecule has 0 saturated heterocycles. The van der Waals surface area contributed by atoms with Crippen LogP contribution < -0.4 is 16.0 Å². The van der Waals surface area contributed by atoms with Crippen LogP contribution in [-0.4, -0.2) is 30.8 Å². The molecule has 2 heterocycles. The van der Waals surface area contributed by atoms with Crippen LogP contribution in [0.3, 0.4) is 0 Å². The SMILES string of the molecule is CNC(=O)C(NC(=O)c1ccc(-c2ccc(NC(=O)c3ccoc3C)cc2)o1)C1CCCCC1. The Bertz CT molecular complexity index is 1160. The van der Waals surface area contributed by atoms with Crippen molar-refractivity contribution in [2.75, 3.05) is 12.4 Å². The number of rotatable bonds is 7. The highest BCUT2D eigenvalue weighted by Crippen LogP contribution is 2.28. The number of hydrogen-bond acceptors (Lipinski definition) is 5. The zero-order valence-corrected chi connectivity index (χ0v) is 19.4. The van der Waals surface area contributed by atoms with Gasteiger partial charge in [0.1, 0.15) is 17.6 Å². The van der Waals surface area contributed by atoms with E-state index in [9.17, 15) is 14.4 Å². The predicted molar refractivity (Wildman–Crippen MR) is 127 cm³/mol. The molecule has 0 aliphatic heterocycles. The average molecular weight is 464 g/mol. The molecule has 0 radical (unpaired) electrons. The van der Waals surface area contributed by atoms with E-state index in [1.54, 1.807) is 56.4 Å². The molecule has 1 aliphatic rings. The zero-order chi connectivity index (χ0) is 24.1. The van der Waals surface area contributed by atoms with Crippen molar-refractivity contribution in [2.24, 2.45) is 5.92 Å². The molecule has 3 aromatic rings. The third kappa shape index (κ3) is 5.22. The van der Waals surface area contributed by atoms with Crippen molar-refractivity contribution in [3.63, 3.8) is 0 Å². The van der Waals surface area contributed by atoms with Crippen molar-refractivity contribution >= 4 is 23.4 Å². The first-order valence-electron chi connectivity index (χ1n) is 11.5. The number of carbonyl (C=O) groups is 3. The minimum atomic E-state index is -0.576. The van der Waals surface area contributed by atoms with Crippen LogP contribution in [0.1, 0.15) is 58.8 Å². The van der Waals surface area contributed by atoms with Gasteiger partial charge in [-0.15, -0.1) is 0 Å². The van der Waals surface area contributed by atoms with Crippen molar-refractivity contribution in [3.05, 3.63) is 65.8 Å². The Morgan fingerprint density at radius 3 is 2.32 bits per heavy atom. The Hall–Kier alpha value is -3.81. The molecule has 2 aromatic heterocycles. The third-order valence-corrected chi connectivity index (χ3v) is 6.30. The van der Waals surface area contributed by atoms with Crippen LogP contribution in [0.2, 0.25) is 0 Å². The molecule has 1 fully saturated rings. The van der Waals surface area contributed by atoms with Gasteiger partial charge < -0.3 is 24.8 Å². The van der Waals surface area contributed by atoms with E-state index in [4.69, 9.17) is 8.83 Å². The first-order chi connectivity index (χ1) is 16.5. The normalized spacial score (nSPS) is 14.9. The summed E-state index contributed by atoms with van der Waals surface area (Å²) in [6.45, 7) is 1.73. The van der Waals surface area contributed by atoms with Gasteiger partial charge in [-0.3, -0.25) is 14.4 Å². The van der Waals surface area contributed by atoms with E-state index in [1.165, 1.54) is 6.26 Å². The van der Waals surface area contributed by atoms with Gasteiger partial charge in [-0.25, -0.2) is 0 Å². The second-order valence-electron chi connectivity index (χ2n) is 8.55. The highest BCUT2D eigenvalue weighted by molar-refractivity contribution is 6.05. The molecule has 178 valence electrons. The number of anilines is 1. The lowest BCUT2D eigenvalue weighted by molar-refractivity contribution is -0.124. The van der Waals surface area contributed by atoms with Crippen LogP contribution >= 0.6 is 0 Å². The first-order valence-corrected chi connectivity index (χ1v) is 11.5. The summed E-state index contributed by atoms with van der Waals surface area (Å²) in [7, 11) is 1.58. The Morgan fingerprint density at radius 1 is 0.941 bits per heavy atom. The minimum Gasteiger partial charge on any atom is -0.469 e. The standard InChI is InChI=1S/C26H29N3O5/c1-16-20(14-15-33-16)24(30)28-19-10-8-17(9-11-19)21-12-13-22(34-21)25(31)29-23(26(32)27-2)18-6-4-3-5-7-18/h8-15,18,23H,3-7H2,1-2H3,(H,27,32)(H,28,30)(H,29,31). The number of likely N-dealkylation sites (N-methyl/N-ethyl adjacent to an activating group) is 1. The highest BCUT2D eigenvalue weighted by Gasteiger charge is 2.31. The maximum Gasteiger partial charge on any atom is 0.287 e. The number of furan rings is 2. The molecule has 1 atom stereocenters. The summed E-state index contributed by atoms with van der Waals surface area (Å²) < 4.78 is 11.0. The number of amides is 3. The van der Waals surface area contributed by atoms with Crippen LogP contribution in [0, 0.1) is 12.8 Å². The summed E-state index contributed by atoms with van der Waals surface area (Å²) in [6.07, 6.45) is 6.62. The molecule has 8 heteroatoms. The van der Waals surface area contributed by atoms with E-state index in [0.717, 1.165) is 37.7 Å². The average Bonchev–Trinajstić information content (AvgIpc) is 3.52. The van der Waals surface area contributed by atoms with Gasteiger partial charge in [0, 0.05) is 18.3 Å². The molecule has 3 amide bonds. The van der Waals surface area contributed by atoms with Crippen LogP contribution in [0.25, 0.3) is 11.3 Å². The molecular weight excluding hydrogens is 434 g/mol. The Balaban J connectivity index is 1.41. The summed E-state index contributed by atoms with van der Waals surface area (Å²) in [4.78, 5) is 37.6. The van der Waals surface area contributed by atoms with Gasteiger partial charge in [0.05, 0.1) is 11.8 Å². The lowest BCUT2D eigenvalue weighted by atomic mass is 9.83. The third-order valence-electron chi connectivity index (χ3n) is 6.30. The van der Waals surface area contributed by atoms with Gasteiger partial charge in [0.25, 0.3) is 11.8 Å². The number of carbonyl (C=O) groups excluding carboxylic acids is 3. The number of benzene rings is 1. The topological polar surface area (TPSA) is 114 Å². The van der Waals surface area contributed by atoms with Crippen molar-refractivity contribution in [3.8, 4) is 11.3 Å². The lowest BCUT2D eigenvalue weighted by Gasteiger charge is -2.29. The quantitative estimate of drug-likeness (QED) is 0.477. The van der Waals surface area contributed by atoms with Crippen molar-refractivity contribution < 1.29 is 23.2 Å². The van der Waals surface area contributed by atoms with Crippen molar-refractivity contribution in [1.82, 2.24) is 10.6 Å². The molecule has 1 saturated carbocycles. The van der Waals surface area contributed by atoms with E-state index in [-0.39, 0.29) is 23.5 Å². The number of aryl methyl sites for hydroxylation is 1. The molecule has 34 heavy (non-hydrogen) atoms. The smallest absolute Gasteiger partial charge is 0.287 e. The molecule has 4 rings (SSSR count). The lowest BCUT2D eigenvalue weighted by Crippen LogP contribution is -2.50. The summed E-state index contributed by atoms with van der Waals surface area (Å²) in [5, 5.41) is 8.35. The minimum absolute atomic E-state index is 0.126. The fraction of sp³-hybridized carbons (Fsp3) is 0.346. The summed E-state index contributed by atoms with van der Waals surface area (Å²) in [5.74, 6) is 0.494. The fourth-order valence-corrected chi connectivity index (χ4v) is 4.38. The van der Waals surface area contributed by atoms with E-state index in [2.05, 4.69) is 16.0 Å². The fourth-order valence-electron chi connectivity index (χ4n) is 4.38. The number of nitrogens with one attached hydrogen (secondary N) is 3. The van der Waals surface area contributed by atoms with Gasteiger partial charge in [-0.05, 0) is 68.1 Å². The van der Waals surface area contributed by atoms with Gasteiger partial charge in [-0.2, -0.15) is 0 Å². The Labute approximate surface area is 198 Å². The van der Waals surface area contributed by atoms with Crippen molar-refractivity contribution in [1.29, 1.82) is 0 Å². The maximum absolute atomic E-state index is 12.8. The first kappa shape index (κ1) is 23.4. The van der Waals surface area contributed by atoms with Crippen LogP contribution in [0.4, 0.5) is 5.69 Å². The molecule has 1 aliphatic carbocycles. The van der Waals surface area contributed by atoms with Crippen LogP contribution in [0.15, 0.2) is 57.6 Å². The number of hydrogen-bond donors (Lipinski definition) is 3. The van der Waals surface area contributed by atoms with Crippen LogP contribution in [-0.2, 0) is 4.79 Å². The Kier molecular flexibility index (Phi) is 7.15. The van der Waals surface area contributed by atoms with E-state index in [0.29, 0.717) is 22.8 Å². The molecule has 3 N–H and O–H groups in total. The largest absolute Gasteiger partial charge is 0.469 e. The molecule has 0 bridgehead atoms. The van der Waals surface area contributed by atoms with E-state index >= 15 is 0 Å². The monoisotopic (exact) mass is 463 g/mol. The van der Waals surface area contributed by atoms with Crippen molar-refractivity contribution in [2.45, 2.75) is 45.1 Å².